The average Bonchev–Trinajstić information content (AvgIpc) is 2.48. The van der Waals surface area contributed by atoms with Gasteiger partial charge in [0.2, 0.25) is 0 Å². The minimum atomic E-state index is -0.172. The highest BCUT2D eigenvalue weighted by atomic mass is 16.5. The first-order chi connectivity index (χ1) is 10.5. The van der Waals surface area contributed by atoms with E-state index in [-0.39, 0.29) is 6.03 Å². The summed E-state index contributed by atoms with van der Waals surface area (Å²) >= 11 is 0. The zero-order valence-electron chi connectivity index (χ0n) is 14.2. The van der Waals surface area contributed by atoms with Crippen molar-refractivity contribution in [2.24, 2.45) is 0 Å². The van der Waals surface area contributed by atoms with Crippen LogP contribution in [0.1, 0.15) is 31.7 Å². The van der Waals surface area contributed by atoms with Crippen LogP contribution in [0.15, 0.2) is 18.2 Å². The number of rotatable bonds is 9. The van der Waals surface area contributed by atoms with Crippen LogP contribution in [0, 0.1) is 6.92 Å². The number of anilines is 2. The summed E-state index contributed by atoms with van der Waals surface area (Å²) in [6, 6.07) is 5.80. The van der Waals surface area contributed by atoms with Crippen molar-refractivity contribution in [3.8, 4) is 0 Å². The number of nitrogens with zero attached hydrogens (tertiary/aromatic N) is 1. The van der Waals surface area contributed by atoms with E-state index >= 15 is 0 Å². The van der Waals surface area contributed by atoms with Crippen LogP contribution in [0.25, 0.3) is 0 Å². The molecule has 2 N–H and O–H groups in total. The summed E-state index contributed by atoms with van der Waals surface area (Å²) < 4.78 is 5.45. The zero-order valence-corrected chi connectivity index (χ0v) is 14.2. The molecule has 1 aromatic carbocycles. The van der Waals surface area contributed by atoms with Gasteiger partial charge in [-0.3, -0.25) is 0 Å². The standard InChI is InChI=1S/C17H29N3O2/c1-5-6-11-22-12-7-10-18-17(21)19-16-9-8-15(20(3)4)13-14(16)2/h8-9,13H,5-7,10-12H2,1-4H3,(H2,18,19,21). The molecule has 0 atom stereocenters. The lowest BCUT2D eigenvalue weighted by molar-refractivity contribution is 0.129. The van der Waals surface area contributed by atoms with Gasteiger partial charge in [-0.05, 0) is 43.5 Å². The van der Waals surface area contributed by atoms with Crippen molar-refractivity contribution in [3.63, 3.8) is 0 Å². The van der Waals surface area contributed by atoms with E-state index in [1.54, 1.807) is 0 Å². The van der Waals surface area contributed by atoms with E-state index < -0.39 is 0 Å². The number of unbranched alkanes of at least 4 members (excludes halogenated alkanes) is 1. The zero-order chi connectivity index (χ0) is 16.4. The molecule has 1 rings (SSSR count). The number of aryl methyl sites for hydroxylation is 1. The molecule has 0 radical (unpaired) electrons. The Labute approximate surface area is 134 Å². The first kappa shape index (κ1) is 18.3. The van der Waals surface area contributed by atoms with E-state index in [1.165, 1.54) is 0 Å². The number of amides is 2. The van der Waals surface area contributed by atoms with Crippen LogP contribution in [0.2, 0.25) is 0 Å². The van der Waals surface area contributed by atoms with Crippen molar-refractivity contribution in [2.75, 3.05) is 44.1 Å². The molecule has 0 heterocycles. The molecule has 0 aliphatic carbocycles. The Kier molecular flexibility index (Phi) is 8.36. The Morgan fingerprint density at radius 3 is 2.59 bits per heavy atom. The first-order valence-corrected chi connectivity index (χ1v) is 7.95. The fourth-order valence-corrected chi connectivity index (χ4v) is 1.96. The molecule has 0 bridgehead atoms. The van der Waals surface area contributed by atoms with Crippen LogP contribution < -0.4 is 15.5 Å². The topological polar surface area (TPSA) is 53.6 Å². The summed E-state index contributed by atoms with van der Waals surface area (Å²) in [5.41, 5.74) is 3.00. The lowest BCUT2D eigenvalue weighted by Crippen LogP contribution is -2.30. The summed E-state index contributed by atoms with van der Waals surface area (Å²) in [6.45, 7) is 6.25. The van der Waals surface area contributed by atoms with Crippen molar-refractivity contribution < 1.29 is 9.53 Å². The second-order valence-electron chi connectivity index (χ2n) is 5.59. The Hall–Kier alpha value is -1.75. The Morgan fingerprint density at radius 1 is 1.23 bits per heavy atom. The number of ether oxygens (including phenoxy) is 1. The molecule has 0 saturated carbocycles. The molecule has 0 fully saturated rings. The van der Waals surface area contributed by atoms with Gasteiger partial charge >= 0.3 is 6.03 Å². The Bertz CT molecular complexity index is 461. The second-order valence-corrected chi connectivity index (χ2v) is 5.59. The minimum absolute atomic E-state index is 0.172. The van der Waals surface area contributed by atoms with Crippen molar-refractivity contribution in [2.45, 2.75) is 33.1 Å². The molecule has 0 unspecified atom stereocenters. The quantitative estimate of drug-likeness (QED) is 0.688. The van der Waals surface area contributed by atoms with Gasteiger partial charge in [0.25, 0.3) is 0 Å². The molecule has 0 spiro atoms. The molecular weight excluding hydrogens is 278 g/mol. The smallest absolute Gasteiger partial charge is 0.319 e. The van der Waals surface area contributed by atoms with Gasteiger partial charge in [0, 0.05) is 45.2 Å². The summed E-state index contributed by atoms with van der Waals surface area (Å²) in [4.78, 5) is 13.9. The van der Waals surface area contributed by atoms with E-state index in [4.69, 9.17) is 4.74 Å². The Morgan fingerprint density at radius 2 is 1.95 bits per heavy atom. The van der Waals surface area contributed by atoms with Gasteiger partial charge in [-0.2, -0.15) is 0 Å². The fourth-order valence-electron chi connectivity index (χ4n) is 1.96. The number of benzene rings is 1. The molecule has 124 valence electrons. The van der Waals surface area contributed by atoms with E-state index in [0.29, 0.717) is 13.2 Å². The molecule has 0 aromatic heterocycles. The molecule has 5 heteroatoms. The summed E-state index contributed by atoms with van der Waals surface area (Å²) in [5, 5.41) is 5.72. The van der Waals surface area contributed by atoms with Gasteiger partial charge < -0.3 is 20.3 Å². The van der Waals surface area contributed by atoms with Crippen LogP contribution >= 0.6 is 0 Å². The molecular formula is C17H29N3O2. The van der Waals surface area contributed by atoms with E-state index in [9.17, 15) is 4.79 Å². The van der Waals surface area contributed by atoms with E-state index in [0.717, 1.165) is 42.8 Å². The third-order valence-electron chi connectivity index (χ3n) is 3.37. The maximum Gasteiger partial charge on any atom is 0.319 e. The second kappa shape index (κ2) is 10.1. The Balaban J connectivity index is 2.27. The molecule has 22 heavy (non-hydrogen) atoms. The summed E-state index contributed by atoms with van der Waals surface area (Å²) in [5.74, 6) is 0. The van der Waals surface area contributed by atoms with Gasteiger partial charge in [0.05, 0.1) is 0 Å². The van der Waals surface area contributed by atoms with Crippen LogP contribution in [0.3, 0.4) is 0 Å². The predicted molar refractivity (Wildman–Crippen MR) is 92.9 cm³/mol. The fraction of sp³-hybridized carbons (Fsp3) is 0.588. The summed E-state index contributed by atoms with van der Waals surface area (Å²) in [7, 11) is 3.99. The highest BCUT2D eigenvalue weighted by molar-refractivity contribution is 5.90. The average molecular weight is 307 g/mol. The van der Waals surface area contributed by atoms with Crippen molar-refractivity contribution in [1.29, 1.82) is 0 Å². The monoisotopic (exact) mass is 307 g/mol. The van der Waals surface area contributed by atoms with Crippen molar-refractivity contribution >= 4 is 17.4 Å². The summed E-state index contributed by atoms with van der Waals surface area (Å²) in [6.07, 6.45) is 3.07. The number of urea groups is 1. The van der Waals surface area contributed by atoms with Crippen LogP contribution in [-0.2, 0) is 4.74 Å². The van der Waals surface area contributed by atoms with Crippen LogP contribution in [0.4, 0.5) is 16.2 Å². The molecule has 0 aliphatic heterocycles. The van der Waals surface area contributed by atoms with Crippen molar-refractivity contribution in [1.82, 2.24) is 5.32 Å². The minimum Gasteiger partial charge on any atom is -0.381 e. The normalized spacial score (nSPS) is 10.4. The van der Waals surface area contributed by atoms with Crippen LogP contribution in [0.5, 0.6) is 0 Å². The number of hydrogen-bond donors (Lipinski definition) is 2. The SMILES string of the molecule is CCCCOCCCNC(=O)Nc1ccc(N(C)C)cc1C. The third-order valence-corrected chi connectivity index (χ3v) is 3.37. The molecule has 2 amide bonds. The number of carbonyl (C=O) groups is 1. The molecule has 0 saturated heterocycles. The first-order valence-electron chi connectivity index (χ1n) is 7.95. The maximum absolute atomic E-state index is 11.8. The number of hydrogen-bond acceptors (Lipinski definition) is 3. The molecule has 0 aliphatic rings. The van der Waals surface area contributed by atoms with Gasteiger partial charge in [-0.15, -0.1) is 0 Å². The third kappa shape index (κ3) is 6.80. The predicted octanol–water partition coefficient (Wildman–Crippen LogP) is 3.39. The van der Waals surface area contributed by atoms with Crippen molar-refractivity contribution in [3.05, 3.63) is 23.8 Å². The van der Waals surface area contributed by atoms with Gasteiger partial charge in [0.15, 0.2) is 0 Å². The lowest BCUT2D eigenvalue weighted by atomic mass is 10.1. The highest BCUT2D eigenvalue weighted by Crippen LogP contribution is 2.21. The highest BCUT2D eigenvalue weighted by Gasteiger charge is 2.05. The van der Waals surface area contributed by atoms with Gasteiger partial charge in [-0.1, -0.05) is 13.3 Å². The number of nitrogens with one attached hydrogen (secondary N) is 2. The van der Waals surface area contributed by atoms with Crippen LogP contribution in [-0.4, -0.2) is 39.9 Å². The molecule has 5 nitrogen and oxygen atoms in total. The number of carbonyl (C=O) groups excluding carboxylic acids is 1. The van der Waals surface area contributed by atoms with Gasteiger partial charge in [-0.25, -0.2) is 4.79 Å². The maximum atomic E-state index is 11.8. The van der Waals surface area contributed by atoms with E-state index in [1.807, 2.05) is 38.1 Å². The van der Waals surface area contributed by atoms with Gasteiger partial charge in [0.1, 0.15) is 0 Å². The van der Waals surface area contributed by atoms with E-state index in [2.05, 4.69) is 23.6 Å². The largest absolute Gasteiger partial charge is 0.381 e. The lowest BCUT2D eigenvalue weighted by Gasteiger charge is -2.15. The molecule has 1 aromatic rings.